The monoisotopic (exact) mass is 398 g/mol. The molecule has 0 fully saturated rings. The molecule has 1 N–H and O–H groups in total. The Balaban J connectivity index is 1.82. The van der Waals surface area contributed by atoms with Crippen LogP contribution in [0.25, 0.3) is 0 Å². The van der Waals surface area contributed by atoms with Crippen molar-refractivity contribution >= 4 is 0 Å². The quantitative estimate of drug-likeness (QED) is 0.575. The first kappa shape index (κ1) is 22.3. The fourth-order valence-corrected chi connectivity index (χ4v) is 4.75. The maximum atomic E-state index is 10.1. The van der Waals surface area contributed by atoms with Gasteiger partial charge in [-0.25, -0.2) is 0 Å². The van der Waals surface area contributed by atoms with Crippen molar-refractivity contribution in [3.8, 4) is 0 Å². The third-order valence-electron chi connectivity index (χ3n) is 6.44. The average Bonchev–Trinajstić information content (AvgIpc) is 2.61. The van der Waals surface area contributed by atoms with Gasteiger partial charge in [0.2, 0.25) is 5.79 Å². The standard InChI is InChI=1S/C26H38O3/c1-17(2)8-7-9-18(3)10-23-11-19(4)14-26(28-23)15-22(16-27)24-12-20(5)21(6)13-25(24)29-26/h8,10,13-15,20,23-25,27H,7,9,11-12,16H2,1-6H3/b18-10+/t20-,23-,24-,25-,26+/m0/s1. The number of aliphatic hydroxyl groups is 1. The molecule has 0 aromatic carbocycles. The second-order valence-corrected chi connectivity index (χ2v) is 9.52. The van der Waals surface area contributed by atoms with Gasteiger partial charge in [-0.15, -0.1) is 0 Å². The van der Waals surface area contributed by atoms with Gasteiger partial charge in [0.15, 0.2) is 0 Å². The maximum Gasteiger partial charge on any atom is 0.209 e. The number of allylic oxidation sites excluding steroid dienone is 4. The van der Waals surface area contributed by atoms with Crippen LogP contribution in [0.5, 0.6) is 0 Å². The Kier molecular flexibility index (Phi) is 7.03. The molecular weight excluding hydrogens is 360 g/mol. The zero-order chi connectivity index (χ0) is 21.2. The minimum atomic E-state index is -0.875. The average molecular weight is 399 g/mol. The SMILES string of the molecule is CC(C)=CCC/C(C)=C/[C@H]1CC(C)=C[C@@]2(C=C(CO)[C@@H]3C[C@H](C)C(C)=C[C@@H]3O2)O1. The topological polar surface area (TPSA) is 38.7 Å². The van der Waals surface area contributed by atoms with Gasteiger partial charge < -0.3 is 14.6 Å². The van der Waals surface area contributed by atoms with E-state index in [0.29, 0.717) is 5.92 Å². The second-order valence-electron chi connectivity index (χ2n) is 9.52. The van der Waals surface area contributed by atoms with Crippen molar-refractivity contribution in [2.75, 3.05) is 6.61 Å². The summed E-state index contributed by atoms with van der Waals surface area (Å²) >= 11 is 0. The molecule has 0 aromatic rings. The van der Waals surface area contributed by atoms with Crippen molar-refractivity contribution < 1.29 is 14.6 Å². The molecule has 3 nitrogen and oxygen atoms in total. The van der Waals surface area contributed by atoms with Crippen molar-refractivity contribution in [1.82, 2.24) is 0 Å². The van der Waals surface area contributed by atoms with E-state index in [9.17, 15) is 5.11 Å². The van der Waals surface area contributed by atoms with Crippen LogP contribution in [0, 0.1) is 11.8 Å². The lowest BCUT2D eigenvalue weighted by molar-refractivity contribution is -0.225. The Morgan fingerprint density at radius 2 is 1.97 bits per heavy atom. The lowest BCUT2D eigenvalue weighted by Crippen LogP contribution is -2.48. The molecule has 29 heavy (non-hydrogen) atoms. The lowest BCUT2D eigenvalue weighted by Gasteiger charge is -2.46. The first-order valence-corrected chi connectivity index (χ1v) is 11.1. The molecule has 3 rings (SSSR count). The summed E-state index contributed by atoms with van der Waals surface area (Å²) in [5.74, 6) is -0.115. The molecule has 0 bridgehead atoms. The van der Waals surface area contributed by atoms with Crippen molar-refractivity contribution in [3.05, 3.63) is 58.2 Å². The van der Waals surface area contributed by atoms with Crippen LogP contribution in [0.3, 0.4) is 0 Å². The van der Waals surface area contributed by atoms with Crippen molar-refractivity contribution in [2.24, 2.45) is 11.8 Å². The summed E-state index contributed by atoms with van der Waals surface area (Å²) in [6, 6.07) is 0. The van der Waals surface area contributed by atoms with Crippen LogP contribution in [-0.4, -0.2) is 29.7 Å². The van der Waals surface area contributed by atoms with Gasteiger partial charge in [-0.3, -0.25) is 0 Å². The van der Waals surface area contributed by atoms with Crippen LogP contribution in [0.4, 0.5) is 0 Å². The van der Waals surface area contributed by atoms with Gasteiger partial charge in [0.25, 0.3) is 0 Å². The Hall–Kier alpha value is -1.42. The van der Waals surface area contributed by atoms with Crippen LogP contribution < -0.4 is 0 Å². The normalized spacial score (nSPS) is 34.9. The zero-order valence-electron chi connectivity index (χ0n) is 19.0. The van der Waals surface area contributed by atoms with Gasteiger partial charge in [0, 0.05) is 5.92 Å². The minimum absolute atomic E-state index is 0.00737. The molecule has 0 saturated carbocycles. The van der Waals surface area contributed by atoms with Crippen LogP contribution >= 0.6 is 0 Å². The van der Waals surface area contributed by atoms with Crippen molar-refractivity contribution in [2.45, 2.75) is 85.2 Å². The molecule has 0 saturated heterocycles. The fourth-order valence-electron chi connectivity index (χ4n) is 4.75. The van der Waals surface area contributed by atoms with Gasteiger partial charge in [-0.2, -0.15) is 0 Å². The van der Waals surface area contributed by atoms with E-state index in [0.717, 1.165) is 31.3 Å². The first-order chi connectivity index (χ1) is 13.7. The summed E-state index contributed by atoms with van der Waals surface area (Å²) in [5, 5.41) is 10.1. The summed E-state index contributed by atoms with van der Waals surface area (Å²) in [5.41, 5.74) is 6.39. The molecule has 160 valence electrons. The Labute approximate surface area is 176 Å². The molecule has 2 aliphatic heterocycles. The van der Waals surface area contributed by atoms with Crippen molar-refractivity contribution in [1.29, 1.82) is 0 Å². The predicted molar refractivity (Wildman–Crippen MR) is 119 cm³/mol. The predicted octanol–water partition coefficient (Wildman–Crippen LogP) is 6.03. The molecule has 1 spiro atoms. The first-order valence-electron chi connectivity index (χ1n) is 11.1. The van der Waals surface area contributed by atoms with Gasteiger partial charge in [-0.1, -0.05) is 47.4 Å². The number of hydrogen-bond donors (Lipinski definition) is 1. The Morgan fingerprint density at radius 1 is 1.21 bits per heavy atom. The zero-order valence-corrected chi connectivity index (χ0v) is 19.0. The second kappa shape index (κ2) is 9.16. The van der Waals surface area contributed by atoms with E-state index >= 15 is 0 Å². The smallest absolute Gasteiger partial charge is 0.209 e. The molecule has 2 heterocycles. The van der Waals surface area contributed by atoms with Gasteiger partial charge >= 0.3 is 0 Å². The summed E-state index contributed by atoms with van der Waals surface area (Å²) < 4.78 is 13.1. The van der Waals surface area contributed by atoms with Crippen molar-refractivity contribution in [3.63, 3.8) is 0 Å². The van der Waals surface area contributed by atoms with Crippen LogP contribution in [-0.2, 0) is 9.47 Å². The number of aliphatic hydroxyl groups excluding tert-OH is 1. The Bertz CT molecular complexity index is 763. The van der Waals surface area contributed by atoms with Crippen LogP contribution in [0.1, 0.15) is 67.2 Å². The van der Waals surface area contributed by atoms with Gasteiger partial charge in [-0.05, 0) is 83.9 Å². The minimum Gasteiger partial charge on any atom is -0.392 e. The summed E-state index contributed by atoms with van der Waals surface area (Å²) in [7, 11) is 0. The summed E-state index contributed by atoms with van der Waals surface area (Å²) in [6.07, 6.45) is 14.9. The van der Waals surface area contributed by atoms with Gasteiger partial charge in [0.05, 0.1) is 18.8 Å². The molecule has 0 aromatic heterocycles. The van der Waals surface area contributed by atoms with E-state index in [2.05, 4.69) is 65.8 Å². The van der Waals surface area contributed by atoms with E-state index in [-0.39, 0.29) is 24.7 Å². The van der Waals surface area contributed by atoms with E-state index < -0.39 is 5.79 Å². The highest BCUT2D eigenvalue weighted by molar-refractivity contribution is 5.31. The summed E-state index contributed by atoms with van der Waals surface area (Å²) in [6.45, 7) is 13.1. The number of hydrogen-bond acceptors (Lipinski definition) is 3. The number of rotatable bonds is 5. The van der Waals surface area contributed by atoms with E-state index in [1.54, 1.807) is 0 Å². The number of fused-ring (bicyclic) bond motifs is 1. The molecule has 1 aliphatic carbocycles. The number of ether oxygens (including phenoxy) is 2. The van der Waals surface area contributed by atoms with E-state index in [1.165, 1.54) is 22.3 Å². The third kappa shape index (κ3) is 5.39. The molecule has 0 unspecified atom stereocenters. The van der Waals surface area contributed by atoms with Gasteiger partial charge in [0.1, 0.15) is 0 Å². The fraction of sp³-hybridized carbons (Fsp3) is 0.615. The highest BCUT2D eigenvalue weighted by atomic mass is 16.7. The molecule has 5 atom stereocenters. The van der Waals surface area contributed by atoms with Crippen LogP contribution in [0.15, 0.2) is 58.2 Å². The van der Waals surface area contributed by atoms with E-state index in [4.69, 9.17) is 9.47 Å². The maximum absolute atomic E-state index is 10.1. The largest absolute Gasteiger partial charge is 0.392 e. The highest BCUT2D eigenvalue weighted by Gasteiger charge is 2.45. The molecule has 3 heteroatoms. The molecule has 0 radical (unpaired) electrons. The summed E-state index contributed by atoms with van der Waals surface area (Å²) in [4.78, 5) is 0. The lowest BCUT2D eigenvalue weighted by atomic mass is 9.75. The van der Waals surface area contributed by atoms with E-state index in [1.807, 2.05) is 6.08 Å². The molecule has 0 amide bonds. The Morgan fingerprint density at radius 3 is 2.66 bits per heavy atom. The third-order valence-corrected chi connectivity index (χ3v) is 6.44. The van der Waals surface area contributed by atoms with Crippen LogP contribution in [0.2, 0.25) is 0 Å². The molecule has 3 aliphatic rings. The molecular formula is C26H38O3. The highest BCUT2D eigenvalue weighted by Crippen LogP contribution is 2.44.